The lowest BCUT2D eigenvalue weighted by Crippen LogP contribution is -2.29. The van der Waals surface area contributed by atoms with E-state index in [1.165, 1.54) is 0 Å². The number of carbonyl (C=O) groups excluding carboxylic acids is 1. The summed E-state index contributed by atoms with van der Waals surface area (Å²) in [7, 11) is 0. The molecule has 1 atom stereocenters. The van der Waals surface area contributed by atoms with E-state index in [0.29, 0.717) is 6.42 Å². The summed E-state index contributed by atoms with van der Waals surface area (Å²) in [5, 5.41) is 7.53. The minimum Gasteiger partial charge on any atom is -0.349 e. The Morgan fingerprint density at radius 3 is 2.71 bits per heavy atom. The summed E-state index contributed by atoms with van der Waals surface area (Å²) in [6.07, 6.45) is 2.00. The maximum atomic E-state index is 12.1. The van der Waals surface area contributed by atoms with Gasteiger partial charge in [0.2, 0.25) is 5.91 Å². The minimum atomic E-state index is -0.0542. The van der Waals surface area contributed by atoms with Crippen LogP contribution in [0.15, 0.2) is 24.4 Å². The van der Waals surface area contributed by atoms with Crippen molar-refractivity contribution in [2.24, 2.45) is 0 Å². The molecule has 1 N–H and O–H groups in total. The molecule has 112 valence electrons. The van der Waals surface area contributed by atoms with Crippen LogP contribution >= 0.6 is 0 Å². The molecule has 2 heterocycles. The van der Waals surface area contributed by atoms with Crippen LogP contribution in [0, 0.1) is 13.8 Å². The molecule has 0 bridgehead atoms. The standard InChI is InChI=1S/C16H22N4O/c1-5-20-13(4)16(12(3)19-20)11(2)18-15(21)10-14-8-6-7-9-17-14/h6-9,11H,5,10H2,1-4H3,(H,18,21)/t11-/m1/s1. The highest BCUT2D eigenvalue weighted by molar-refractivity contribution is 5.78. The number of nitrogens with one attached hydrogen (secondary N) is 1. The van der Waals surface area contributed by atoms with E-state index in [1.807, 2.05) is 43.7 Å². The number of amides is 1. The van der Waals surface area contributed by atoms with Crippen LogP contribution in [0.3, 0.4) is 0 Å². The average molecular weight is 286 g/mol. The fourth-order valence-electron chi connectivity index (χ4n) is 2.68. The quantitative estimate of drug-likeness (QED) is 0.917. The number of rotatable bonds is 5. The first-order valence-corrected chi connectivity index (χ1v) is 7.26. The number of pyridine rings is 1. The molecule has 21 heavy (non-hydrogen) atoms. The van der Waals surface area contributed by atoms with Crippen molar-refractivity contribution < 1.29 is 4.79 Å². The lowest BCUT2D eigenvalue weighted by atomic mass is 10.1. The van der Waals surface area contributed by atoms with E-state index in [0.717, 1.165) is 29.2 Å². The van der Waals surface area contributed by atoms with Crippen LogP contribution in [0.1, 0.15) is 42.5 Å². The lowest BCUT2D eigenvalue weighted by molar-refractivity contribution is -0.121. The van der Waals surface area contributed by atoms with Crippen molar-refractivity contribution in [1.29, 1.82) is 0 Å². The molecule has 0 aliphatic rings. The molecule has 5 heteroatoms. The molecule has 2 aromatic rings. The number of nitrogens with zero attached hydrogens (tertiary/aromatic N) is 3. The van der Waals surface area contributed by atoms with Gasteiger partial charge in [-0.2, -0.15) is 5.10 Å². The molecule has 2 aromatic heterocycles. The van der Waals surface area contributed by atoms with E-state index in [9.17, 15) is 4.79 Å². The zero-order valence-electron chi connectivity index (χ0n) is 13.1. The number of hydrogen-bond acceptors (Lipinski definition) is 3. The molecule has 1 amide bonds. The van der Waals surface area contributed by atoms with Gasteiger partial charge in [0.05, 0.1) is 18.2 Å². The van der Waals surface area contributed by atoms with E-state index >= 15 is 0 Å². The van der Waals surface area contributed by atoms with E-state index in [1.54, 1.807) is 6.20 Å². The highest BCUT2D eigenvalue weighted by atomic mass is 16.1. The summed E-state index contributed by atoms with van der Waals surface area (Å²) in [4.78, 5) is 16.3. The van der Waals surface area contributed by atoms with Crippen molar-refractivity contribution in [3.05, 3.63) is 47.0 Å². The Bertz CT molecular complexity index is 619. The zero-order valence-corrected chi connectivity index (χ0v) is 13.1. The van der Waals surface area contributed by atoms with Crippen LogP contribution < -0.4 is 5.32 Å². The Morgan fingerprint density at radius 1 is 1.38 bits per heavy atom. The van der Waals surface area contributed by atoms with E-state index < -0.39 is 0 Å². The van der Waals surface area contributed by atoms with Crippen LogP contribution in [0.5, 0.6) is 0 Å². The topological polar surface area (TPSA) is 59.8 Å². The second-order valence-electron chi connectivity index (χ2n) is 5.19. The third kappa shape index (κ3) is 3.48. The zero-order chi connectivity index (χ0) is 15.4. The van der Waals surface area contributed by atoms with Crippen LogP contribution in [-0.4, -0.2) is 20.7 Å². The first-order valence-electron chi connectivity index (χ1n) is 7.26. The highest BCUT2D eigenvalue weighted by Gasteiger charge is 2.18. The summed E-state index contributed by atoms with van der Waals surface area (Å²) < 4.78 is 1.96. The number of aryl methyl sites for hydroxylation is 2. The van der Waals surface area contributed by atoms with Gasteiger partial charge in [-0.15, -0.1) is 0 Å². The second-order valence-corrected chi connectivity index (χ2v) is 5.19. The van der Waals surface area contributed by atoms with Gasteiger partial charge in [0.25, 0.3) is 0 Å². The molecule has 5 nitrogen and oxygen atoms in total. The van der Waals surface area contributed by atoms with Gasteiger partial charge in [-0.05, 0) is 39.8 Å². The van der Waals surface area contributed by atoms with Crippen LogP contribution in [-0.2, 0) is 17.8 Å². The Morgan fingerprint density at radius 2 is 2.14 bits per heavy atom. The minimum absolute atomic E-state index is 0.0238. The van der Waals surface area contributed by atoms with E-state index in [4.69, 9.17) is 0 Å². The normalized spacial score (nSPS) is 12.2. The van der Waals surface area contributed by atoms with Crippen molar-refractivity contribution in [3.63, 3.8) is 0 Å². The summed E-state index contributed by atoms with van der Waals surface area (Å²) in [5.74, 6) is -0.0238. The molecule has 0 aromatic carbocycles. The first-order chi connectivity index (χ1) is 10.0. The largest absolute Gasteiger partial charge is 0.349 e. The van der Waals surface area contributed by atoms with Gasteiger partial charge < -0.3 is 5.32 Å². The maximum absolute atomic E-state index is 12.1. The van der Waals surface area contributed by atoms with Crippen molar-refractivity contribution in [2.75, 3.05) is 0 Å². The fraction of sp³-hybridized carbons (Fsp3) is 0.438. The Hall–Kier alpha value is -2.17. The average Bonchev–Trinajstić information content (AvgIpc) is 2.74. The summed E-state index contributed by atoms with van der Waals surface area (Å²) in [6, 6.07) is 5.53. The molecule has 0 unspecified atom stereocenters. The third-order valence-electron chi connectivity index (χ3n) is 3.62. The van der Waals surface area contributed by atoms with Crippen molar-refractivity contribution in [3.8, 4) is 0 Å². The molecule has 0 radical (unpaired) electrons. The molecule has 2 rings (SSSR count). The summed E-state index contributed by atoms with van der Waals surface area (Å²) >= 11 is 0. The van der Waals surface area contributed by atoms with Crippen molar-refractivity contribution in [1.82, 2.24) is 20.1 Å². The van der Waals surface area contributed by atoms with Crippen molar-refractivity contribution >= 4 is 5.91 Å². The van der Waals surface area contributed by atoms with Gasteiger partial charge in [0, 0.05) is 29.7 Å². The van der Waals surface area contributed by atoms with E-state index in [2.05, 4.69) is 22.3 Å². The van der Waals surface area contributed by atoms with Crippen LogP contribution in [0.25, 0.3) is 0 Å². The molecule has 0 saturated carbocycles. The predicted molar refractivity (Wildman–Crippen MR) is 81.9 cm³/mol. The van der Waals surface area contributed by atoms with E-state index in [-0.39, 0.29) is 11.9 Å². The van der Waals surface area contributed by atoms with Gasteiger partial charge in [-0.3, -0.25) is 14.5 Å². The third-order valence-corrected chi connectivity index (χ3v) is 3.62. The second kappa shape index (κ2) is 6.52. The van der Waals surface area contributed by atoms with Gasteiger partial charge in [0.1, 0.15) is 0 Å². The summed E-state index contributed by atoms with van der Waals surface area (Å²) in [5.41, 5.74) is 3.96. The molecule has 0 spiro atoms. The van der Waals surface area contributed by atoms with Crippen molar-refractivity contribution in [2.45, 2.75) is 46.7 Å². The predicted octanol–water partition coefficient (Wildman–Crippen LogP) is 2.33. The Kier molecular flexibility index (Phi) is 4.73. The number of aromatic nitrogens is 3. The highest BCUT2D eigenvalue weighted by Crippen LogP contribution is 2.21. The molecular formula is C16H22N4O. The molecule has 0 saturated heterocycles. The van der Waals surface area contributed by atoms with Gasteiger partial charge in [-0.25, -0.2) is 0 Å². The maximum Gasteiger partial charge on any atom is 0.226 e. The molecule has 0 aliphatic carbocycles. The Balaban J connectivity index is 2.06. The van der Waals surface area contributed by atoms with Crippen LogP contribution in [0.2, 0.25) is 0 Å². The smallest absolute Gasteiger partial charge is 0.226 e. The monoisotopic (exact) mass is 286 g/mol. The molecule has 0 fully saturated rings. The Labute approximate surface area is 125 Å². The van der Waals surface area contributed by atoms with Gasteiger partial charge in [0.15, 0.2) is 0 Å². The molecular weight excluding hydrogens is 264 g/mol. The fourth-order valence-corrected chi connectivity index (χ4v) is 2.68. The molecule has 0 aliphatic heterocycles. The lowest BCUT2D eigenvalue weighted by Gasteiger charge is -2.15. The van der Waals surface area contributed by atoms with Crippen LogP contribution in [0.4, 0.5) is 0 Å². The summed E-state index contributed by atoms with van der Waals surface area (Å²) in [6.45, 7) is 8.91. The number of carbonyl (C=O) groups is 1. The number of hydrogen-bond donors (Lipinski definition) is 1. The SMILES string of the molecule is CCn1nc(C)c([C@@H](C)NC(=O)Cc2ccccn2)c1C. The first kappa shape index (κ1) is 15.2. The van der Waals surface area contributed by atoms with Gasteiger partial charge in [-0.1, -0.05) is 6.07 Å². The van der Waals surface area contributed by atoms with Gasteiger partial charge >= 0.3 is 0 Å².